The molecule has 0 heterocycles. The van der Waals surface area contributed by atoms with Gasteiger partial charge < -0.3 is 19.3 Å². The summed E-state index contributed by atoms with van der Waals surface area (Å²) in [4.78, 5) is 42.5. The van der Waals surface area contributed by atoms with Crippen molar-refractivity contribution in [3.63, 3.8) is 0 Å². The Balaban J connectivity index is 3.85. The molecule has 45 heavy (non-hydrogen) atoms. The number of carbonyl (C=O) groups is 2. The molecule has 0 unspecified atom stereocenters. The van der Waals surface area contributed by atoms with Crippen LogP contribution in [-0.2, 0) is 28.2 Å². The van der Waals surface area contributed by atoms with E-state index in [1.54, 1.807) is 0 Å². The number of ether oxygens (including phenoxy) is 2. The molecular formula is C36H71O8P. The highest BCUT2D eigenvalue weighted by Gasteiger charge is 2.22. The Bertz CT molecular complexity index is 724. The Morgan fingerprint density at radius 1 is 0.556 bits per heavy atom. The first kappa shape index (κ1) is 44.0. The molecule has 268 valence electrons. The van der Waals surface area contributed by atoms with Gasteiger partial charge in [-0.2, -0.15) is 0 Å². The molecule has 0 bridgehead atoms. The van der Waals surface area contributed by atoms with Crippen LogP contribution in [0.25, 0.3) is 0 Å². The van der Waals surface area contributed by atoms with Crippen LogP contribution in [-0.4, -0.2) is 41.0 Å². The zero-order chi connectivity index (χ0) is 33.4. The molecule has 0 radical (unpaired) electrons. The number of carbonyl (C=O) groups excluding carboxylic acids is 2. The first-order valence-electron chi connectivity index (χ1n) is 18.7. The van der Waals surface area contributed by atoms with Crippen molar-refractivity contribution < 1.29 is 37.9 Å². The normalized spacial score (nSPS) is 12.5. The van der Waals surface area contributed by atoms with E-state index < -0.39 is 32.5 Å². The van der Waals surface area contributed by atoms with E-state index in [-0.39, 0.29) is 19.4 Å². The Labute approximate surface area is 276 Å². The average Bonchev–Trinajstić information content (AvgIpc) is 2.98. The van der Waals surface area contributed by atoms with Gasteiger partial charge in [0.05, 0.1) is 6.61 Å². The fourth-order valence-corrected chi connectivity index (χ4v) is 5.86. The van der Waals surface area contributed by atoms with Crippen molar-refractivity contribution in [3.05, 3.63) is 0 Å². The number of phosphoric ester groups is 1. The fourth-order valence-electron chi connectivity index (χ4n) is 5.50. The molecule has 0 amide bonds. The van der Waals surface area contributed by atoms with Gasteiger partial charge >= 0.3 is 19.8 Å². The van der Waals surface area contributed by atoms with E-state index in [0.29, 0.717) is 6.42 Å². The molecule has 0 aliphatic rings. The van der Waals surface area contributed by atoms with Gasteiger partial charge in [-0.25, -0.2) is 4.57 Å². The molecule has 0 aromatic rings. The molecule has 0 aliphatic heterocycles. The predicted octanol–water partition coefficient (Wildman–Crippen LogP) is 10.8. The molecule has 0 spiro atoms. The van der Waals surface area contributed by atoms with Crippen LogP contribution in [0.4, 0.5) is 0 Å². The summed E-state index contributed by atoms with van der Waals surface area (Å²) >= 11 is 0. The summed E-state index contributed by atoms with van der Waals surface area (Å²) in [5.74, 6) is -0.148. The van der Waals surface area contributed by atoms with Crippen LogP contribution in [0.5, 0.6) is 0 Å². The first-order valence-corrected chi connectivity index (χ1v) is 20.2. The minimum absolute atomic E-state index is 0.214. The van der Waals surface area contributed by atoms with Crippen molar-refractivity contribution in [2.75, 3.05) is 13.2 Å². The summed E-state index contributed by atoms with van der Waals surface area (Å²) in [6.07, 6.45) is 30.0. The Morgan fingerprint density at radius 3 is 1.33 bits per heavy atom. The third-order valence-electron chi connectivity index (χ3n) is 8.30. The second-order valence-corrected chi connectivity index (χ2v) is 14.6. The van der Waals surface area contributed by atoms with E-state index in [1.165, 1.54) is 116 Å². The topological polar surface area (TPSA) is 119 Å². The van der Waals surface area contributed by atoms with Gasteiger partial charge in [-0.3, -0.25) is 14.1 Å². The van der Waals surface area contributed by atoms with Crippen molar-refractivity contribution in [1.29, 1.82) is 0 Å². The smallest absolute Gasteiger partial charge is 0.462 e. The highest BCUT2D eigenvalue weighted by molar-refractivity contribution is 7.46. The van der Waals surface area contributed by atoms with Crippen LogP contribution in [0.1, 0.15) is 194 Å². The molecule has 9 heteroatoms. The summed E-state index contributed by atoms with van der Waals surface area (Å²) in [7, 11) is -4.74. The average molecular weight is 663 g/mol. The lowest BCUT2D eigenvalue weighted by molar-refractivity contribution is -0.161. The highest BCUT2D eigenvalue weighted by atomic mass is 31.2. The van der Waals surface area contributed by atoms with Gasteiger partial charge in [0.1, 0.15) is 6.61 Å². The summed E-state index contributed by atoms with van der Waals surface area (Å²) in [5.41, 5.74) is 0. The third kappa shape index (κ3) is 35.7. The van der Waals surface area contributed by atoms with E-state index in [9.17, 15) is 14.2 Å². The van der Waals surface area contributed by atoms with E-state index >= 15 is 0 Å². The molecule has 0 fully saturated rings. The zero-order valence-electron chi connectivity index (χ0n) is 29.5. The summed E-state index contributed by atoms with van der Waals surface area (Å²) in [6, 6.07) is 0. The van der Waals surface area contributed by atoms with Gasteiger partial charge in [0.25, 0.3) is 0 Å². The Morgan fingerprint density at radius 2 is 0.933 bits per heavy atom. The first-order chi connectivity index (χ1) is 21.6. The van der Waals surface area contributed by atoms with Gasteiger partial charge in [0.15, 0.2) is 6.10 Å². The number of unbranched alkanes of at least 4 members (excludes halogenated alkanes) is 22. The van der Waals surface area contributed by atoms with Crippen molar-refractivity contribution >= 4 is 19.8 Å². The summed E-state index contributed by atoms with van der Waals surface area (Å²) in [6.45, 7) is 5.92. The maximum Gasteiger partial charge on any atom is 0.469 e. The van der Waals surface area contributed by atoms with Crippen LogP contribution in [0.3, 0.4) is 0 Å². The lowest BCUT2D eigenvalue weighted by Gasteiger charge is -2.18. The molecule has 2 N–H and O–H groups in total. The minimum Gasteiger partial charge on any atom is -0.462 e. The summed E-state index contributed by atoms with van der Waals surface area (Å²) < 4.78 is 26.2. The van der Waals surface area contributed by atoms with Gasteiger partial charge in [0.2, 0.25) is 0 Å². The monoisotopic (exact) mass is 662 g/mol. The molecule has 0 aliphatic carbocycles. The SMILES string of the molecule is CCCCCCCCCCCCCCCCCCCCC(=O)OC[C@H](COP(=O)(O)O)OC(=O)CCCCCCCCC(C)C. The molecule has 0 saturated carbocycles. The predicted molar refractivity (Wildman–Crippen MR) is 184 cm³/mol. The molecule has 1 atom stereocenters. The lowest BCUT2D eigenvalue weighted by Crippen LogP contribution is -2.29. The van der Waals surface area contributed by atoms with Crippen LogP contribution < -0.4 is 0 Å². The number of rotatable bonds is 34. The molecule has 0 rings (SSSR count). The maximum atomic E-state index is 12.3. The molecule has 8 nitrogen and oxygen atoms in total. The van der Waals surface area contributed by atoms with Crippen molar-refractivity contribution in [1.82, 2.24) is 0 Å². The Hall–Kier alpha value is -0.950. The minimum atomic E-state index is -4.74. The largest absolute Gasteiger partial charge is 0.469 e. The number of phosphoric acid groups is 1. The molecular weight excluding hydrogens is 591 g/mol. The highest BCUT2D eigenvalue weighted by Crippen LogP contribution is 2.36. The van der Waals surface area contributed by atoms with Crippen LogP contribution in [0.15, 0.2) is 0 Å². The van der Waals surface area contributed by atoms with Gasteiger partial charge in [0, 0.05) is 12.8 Å². The second kappa shape index (κ2) is 31.6. The lowest BCUT2D eigenvalue weighted by atomic mass is 10.0. The summed E-state index contributed by atoms with van der Waals surface area (Å²) in [5, 5.41) is 0. The molecule has 0 saturated heterocycles. The van der Waals surface area contributed by atoms with Crippen molar-refractivity contribution in [3.8, 4) is 0 Å². The van der Waals surface area contributed by atoms with E-state index in [4.69, 9.17) is 19.3 Å². The van der Waals surface area contributed by atoms with Crippen LogP contribution in [0, 0.1) is 5.92 Å². The van der Waals surface area contributed by atoms with Gasteiger partial charge in [-0.1, -0.05) is 168 Å². The van der Waals surface area contributed by atoms with E-state index in [1.807, 2.05) is 0 Å². The molecule has 0 aromatic carbocycles. The third-order valence-corrected chi connectivity index (χ3v) is 8.79. The van der Waals surface area contributed by atoms with Gasteiger partial charge in [-0.05, 0) is 18.8 Å². The number of esters is 2. The standard InChI is InChI=1S/C36H71O8P/c1-4-5-6-7-8-9-10-11-12-13-14-15-16-17-18-19-23-26-29-35(37)42-31-34(32-43-45(39,40)41)44-36(38)30-27-24-21-20-22-25-28-33(2)3/h33-34H,4-32H2,1-3H3,(H2,39,40,41)/t34-/m1/s1. The van der Waals surface area contributed by atoms with Crippen LogP contribution >= 0.6 is 7.82 Å². The van der Waals surface area contributed by atoms with Gasteiger partial charge in [-0.15, -0.1) is 0 Å². The van der Waals surface area contributed by atoms with E-state index in [2.05, 4.69) is 25.3 Å². The van der Waals surface area contributed by atoms with Crippen molar-refractivity contribution in [2.45, 2.75) is 200 Å². The fraction of sp³-hybridized carbons (Fsp3) is 0.944. The van der Waals surface area contributed by atoms with Crippen LogP contribution in [0.2, 0.25) is 0 Å². The number of hydrogen-bond acceptors (Lipinski definition) is 6. The number of hydrogen-bond donors (Lipinski definition) is 2. The zero-order valence-corrected chi connectivity index (χ0v) is 30.3. The Kier molecular flexibility index (Phi) is 31.0. The quantitative estimate of drug-likeness (QED) is 0.0397. The van der Waals surface area contributed by atoms with E-state index in [0.717, 1.165) is 44.4 Å². The maximum absolute atomic E-state index is 12.3. The second-order valence-electron chi connectivity index (χ2n) is 13.4. The molecule has 0 aromatic heterocycles. The van der Waals surface area contributed by atoms with Crippen molar-refractivity contribution in [2.24, 2.45) is 5.92 Å².